The zero-order chi connectivity index (χ0) is 16.7. The highest BCUT2D eigenvalue weighted by atomic mass is 32.2. The van der Waals surface area contributed by atoms with Crippen molar-refractivity contribution in [1.82, 2.24) is 10.6 Å². The number of carboxylic acids is 1. The first kappa shape index (κ1) is 19.8. The number of carbonyl (C=O) groups is 3. The van der Waals surface area contributed by atoms with Gasteiger partial charge in [-0.1, -0.05) is 13.8 Å². The highest BCUT2D eigenvalue weighted by molar-refractivity contribution is 8.00. The Balaban J connectivity index is 4.39. The van der Waals surface area contributed by atoms with Gasteiger partial charge in [-0.25, -0.2) is 4.79 Å². The summed E-state index contributed by atoms with van der Waals surface area (Å²) in [6.07, 6.45) is 3.56. The van der Waals surface area contributed by atoms with Crippen molar-refractivity contribution in [1.29, 1.82) is 0 Å². The van der Waals surface area contributed by atoms with Crippen molar-refractivity contribution in [2.75, 3.05) is 12.8 Å². The quantitative estimate of drug-likeness (QED) is 0.638. The molecule has 6 nitrogen and oxygen atoms in total. The Morgan fingerprint density at radius 2 is 1.67 bits per heavy atom. The van der Waals surface area contributed by atoms with Crippen molar-refractivity contribution in [3.63, 3.8) is 0 Å². The minimum absolute atomic E-state index is 0.0409. The zero-order valence-corrected chi connectivity index (χ0v) is 14.2. The average molecular weight is 318 g/mol. The lowest BCUT2D eigenvalue weighted by Gasteiger charge is -2.29. The Labute approximate surface area is 130 Å². The van der Waals surface area contributed by atoms with Gasteiger partial charge >= 0.3 is 12.0 Å². The van der Waals surface area contributed by atoms with E-state index in [-0.39, 0.29) is 11.2 Å². The van der Waals surface area contributed by atoms with E-state index in [0.29, 0.717) is 6.54 Å². The van der Waals surface area contributed by atoms with E-state index in [1.165, 1.54) is 13.8 Å². The number of aliphatic carboxylic acids is 1. The van der Waals surface area contributed by atoms with Crippen LogP contribution in [-0.4, -0.2) is 40.6 Å². The number of amides is 3. The fraction of sp³-hybridized carbons (Fsp3) is 0.786. The Morgan fingerprint density at radius 3 is 2.05 bits per heavy atom. The molecule has 0 aromatic heterocycles. The molecule has 3 amide bonds. The molecule has 7 heteroatoms. The van der Waals surface area contributed by atoms with Crippen LogP contribution in [0.15, 0.2) is 0 Å². The van der Waals surface area contributed by atoms with Gasteiger partial charge in [0.2, 0.25) is 5.91 Å². The third-order valence-electron chi connectivity index (χ3n) is 3.73. The van der Waals surface area contributed by atoms with Crippen molar-refractivity contribution in [2.24, 2.45) is 5.41 Å². The molecule has 0 heterocycles. The van der Waals surface area contributed by atoms with Crippen LogP contribution in [0.3, 0.4) is 0 Å². The van der Waals surface area contributed by atoms with Crippen LogP contribution in [-0.2, 0) is 9.59 Å². The summed E-state index contributed by atoms with van der Waals surface area (Å²) in [6.45, 7) is 7.46. The second-order valence-electron chi connectivity index (χ2n) is 5.69. The summed E-state index contributed by atoms with van der Waals surface area (Å²) in [5.74, 6) is -1.67. The maximum absolute atomic E-state index is 11.7. The average Bonchev–Trinajstić information content (AvgIpc) is 2.40. The molecule has 0 aliphatic heterocycles. The van der Waals surface area contributed by atoms with Crippen molar-refractivity contribution < 1.29 is 19.5 Å². The van der Waals surface area contributed by atoms with Crippen LogP contribution >= 0.6 is 11.8 Å². The van der Waals surface area contributed by atoms with E-state index in [9.17, 15) is 14.4 Å². The molecule has 0 aliphatic rings. The number of urea groups is 1. The van der Waals surface area contributed by atoms with Crippen LogP contribution < -0.4 is 10.6 Å². The molecule has 21 heavy (non-hydrogen) atoms. The van der Waals surface area contributed by atoms with Gasteiger partial charge in [0, 0.05) is 17.7 Å². The summed E-state index contributed by atoms with van der Waals surface area (Å²) in [5, 5.41) is 13.8. The third-order valence-corrected chi connectivity index (χ3v) is 5.31. The van der Waals surface area contributed by atoms with Crippen LogP contribution in [0.25, 0.3) is 0 Å². The summed E-state index contributed by atoms with van der Waals surface area (Å²) in [7, 11) is 0. The van der Waals surface area contributed by atoms with E-state index in [1.54, 1.807) is 11.8 Å². The maximum Gasteiger partial charge on any atom is 0.321 e. The first-order valence-corrected chi connectivity index (χ1v) is 8.21. The molecule has 0 rings (SSSR count). The Morgan fingerprint density at radius 1 is 1.14 bits per heavy atom. The first-order chi connectivity index (χ1) is 9.62. The number of hydrogen-bond acceptors (Lipinski definition) is 4. The second kappa shape index (κ2) is 8.26. The van der Waals surface area contributed by atoms with Gasteiger partial charge in [-0.15, -0.1) is 0 Å². The molecule has 0 atom stereocenters. The van der Waals surface area contributed by atoms with E-state index < -0.39 is 23.3 Å². The molecule has 0 aromatic rings. The Kier molecular flexibility index (Phi) is 7.78. The molecular weight excluding hydrogens is 292 g/mol. The highest BCUT2D eigenvalue weighted by Gasteiger charge is 2.31. The smallest absolute Gasteiger partial charge is 0.321 e. The molecule has 122 valence electrons. The lowest BCUT2D eigenvalue weighted by atomic mass is 9.89. The summed E-state index contributed by atoms with van der Waals surface area (Å²) < 4.78 is -0.0409. The van der Waals surface area contributed by atoms with Crippen molar-refractivity contribution in [2.45, 2.75) is 51.7 Å². The Hall–Kier alpha value is -1.24. The standard InChI is InChI=1S/C14H26N2O4S/c1-6-14(7-2,21-5)9-15-12(20)16-10(17)8-13(3,4)11(18)19/h6-9H2,1-5H3,(H,18,19)(H2,15,16,17,20). The fourth-order valence-corrected chi connectivity index (χ4v) is 2.59. The predicted octanol–water partition coefficient (Wildman–Crippen LogP) is 2.23. The lowest BCUT2D eigenvalue weighted by Crippen LogP contribution is -2.47. The van der Waals surface area contributed by atoms with Crippen molar-refractivity contribution >= 4 is 29.7 Å². The molecule has 3 N–H and O–H groups in total. The van der Waals surface area contributed by atoms with E-state index in [4.69, 9.17) is 5.11 Å². The molecule has 0 aromatic carbocycles. The maximum atomic E-state index is 11.7. The fourth-order valence-electron chi connectivity index (χ4n) is 1.79. The van der Waals surface area contributed by atoms with Gasteiger partial charge in [0.1, 0.15) is 0 Å². The van der Waals surface area contributed by atoms with E-state index in [2.05, 4.69) is 24.5 Å². The van der Waals surface area contributed by atoms with E-state index in [0.717, 1.165) is 12.8 Å². The molecule has 0 aliphatic carbocycles. The number of nitrogens with one attached hydrogen (secondary N) is 2. The van der Waals surface area contributed by atoms with Gasteiger partial charge in [-0.3, -0.25) is 14.9 Å². The number of carbonyl (C=O) groups excluding carboxylic acids is 2. The van der Waals surface area contributed by atoms with Crippen LogP contribution in [0.1, 0.15) is 47.0 Å². The molecule has 0 bridgehead atoms. The van der Waals surface area contributed by atoms with Gasteiger partial charge in [0.05, 0.1) is 5.41 Å². The molecule has 0 saturated carbocycles. The van der Waals surface area contributed by atoms with Crippen molar-refractivity contribution in [3.05, 3.63) is 0 Å². The molecule has 0 spiro atoms. The normalized spacial score (nSPS) is 11.9. The van der Waals surface area contributed by atoms with Crippen LogP contribution in [0.4, 0.5) is 4.79 Å². The number of hydrogen-bond donors (Lipinski definition) is 3. The van der Waals surface area contributed by atoms with Gasteiger partial charge in [0.25, 0.3) is 0 Å². The number of rotatable bonds is 8. The van der Waals surface area contributed by atoms with Crippen LogP contribution in [0.5, 0.6) is 0 Å². The molecule has 0 unspecified atom stereocenters. The van der Waals surface area contributed by atoms with Crippen molar-refractivity contribution in [3.8, 4) is 0 Å². The minimum Gasteiger partial charge on any atom is -0.481 e. The Bertz CT molecular complexity index is 384. The SMILES string of the molecule is CCC(CC)(CNC(=O)NC(=O)CC(C)(C)C(=O)O)SC. The van der Waals surface area contributed by atoms with Crippen LogP contribution in [0, 0.1) is 5.41 Å². The second-order valence-corrected chi connectivity index (χ2v) is 6.97. The predicted molar refractivity (Wildman–Crippen MR) is 84.4 cm³/mol. The summed E-state index contributed by atoms with van der Waals surface area (Å²) in [4.78, 5) is 34.3. The molecule has 0 fully saturated rings. The topological polar surface area (TPSA) is 95.5 Å². The van der Waals surface area contributed by atoms with E-state index >= 15 is 0 Å². The number of carboxylic acid groups (broad SMARTS) is 1. The first-order valence-electron chi connectivity index (χ1n) is 6.98. The van der Waals surface area contributed by atoms with Crippen LogP contribution in [0.2, 0.25) is 0 Å². The molecule has 0 saturated heterocycles. The summed E-state index contributed by atoms with van der Waals surface area (Å²) in [6, 6.07) is -0.582. The summed E-state index contributed by atoms with van der Waals surface area (Å²) >= 11 is 1.69. The van der Waals surface area contributed by atoms with Gasteiger partial charge in [-0.05, 0) is 32.9 Å². The lowest BCUT2D eigenvalue weighted by molar-refractivity contribution is -0.149. The monoisotopic (exact) mass is 318 g/mol. The zero-order valence-electron chi connectivity index (χ0n) is 13.4. The largest absolute Gasteiger partial charge is 0.481 e. The minimum atomic E-state index is -1.19. The molecular formula is C14H26N2O4S. The summed E-state index contributed by atoms with van der Waals surface area (Å²) in [5.41, 5.74) is -1.19. The van der Waals surface area contributed by atoms with Gasteiger partial charge in [-0.2, -0.15) is 11.8 Å². The third kappa shape index (κ3) is 6.37. The van der Waals surface area contributed by atoms with E-state index in [1.807, 2.05) is 6.26 Å². The van der Waals surface area contributed by atoms with Gasteiger partial charge in [0.15, 0.2) is 0 Å². The number of thioether (sulfide) groups is 1. The number of imide groups is 1. The molecule has 0 radical (unpaired) electrons. The highest BCUT2D eigenvalue weighted by Crippen LogP contribution is 2.29. The van der Waals surface area contributed by atoms with Gasteiger partial charge < -0.3 is 10.4 Å².